The molecule has 0 bridgehead atoms. The molecule has 2 atom stereocenters. The van der Waals surface area contributed by atoms with Crippen LogP contribution in [0.1, 0.15) is 0 Å². The van der Waals surface area contributed by atoms with Gasteiger partial charge in [-0.3, -0.25) is 0 Å². The Kier molecular flexibility index (Phi) is 2.17. The number of nitrogens with zero attached hydrogens (tertiary/aromatic N) is 1. The van der Waals surface area contributed by atoms with Gasteiger partial charge in [0.25, 0.3) is 0 Å². The second kappa shape index (κ2) is 2.64. The number of terminal acetylenes is 1. The highest BCUT2D eigenvalue weighted by Crippen LogP contribution is 2.52. The van der Waals surface area contributed by atoms with Crippen LogP contribution in [-0.2, 0) is 16.3 Å². The summed E-state index contributed by atoms with van der Waals surface area (Å²) in [6, 6.07) is 0.0934. The Morgan fingerprint density at radius 2 is 2.50 bits per heavy atom. The maximum absolute atomic E-state index is 5.37. The number of rotatable bonds is 0. The van der Waals surface area contributed by atoms with Crippen molar-refractivity contribution in [2.24, 2.45) is 0 Å². The lowest BCUT2D eigenvalue weighted by Crippen LogP contribution is -2.21. The fourth-order valence-corrected chi connectivity index (χ4v) is 2.58. The van der Waals surface area contributed by atoms with Gasteiger partial charge in [-0.1, -0.05) is 17.7 Å². The SMILES string of the molecule is C#CC1COP(C)(=S)N1C. The summed E-state index contributed by atoms with van der Waals surface area (Å²) in [5.41, 5.74) is 0. The topological polar surface area (TPSA) is 12.5 Å². The summed E-state index contributed by atoms with van der Waals surface area (Å²) in [5.74, 6) is 2.63. The summed E-state index contributed by atoms with van der Waals surface area (Å²) in [4.78, 5) is 0. The molecule has 0 aromatic rings. The summed E-state index contributed by atoms with van der Waals surface area (Å²) in [7, 11) is 1.93. The second-order valence-electron chi connectivity index (χ2n) is 2.35. The molecule has 1 aliphatic rings. The Labute approximate surface area is 66.7 Å². The van der Waals surface area contributed by atoms with Crippen molar-refractivity contribution in [3.63, 3.8) is 0 Å². The van der Waals surface area contributed by atoms with Crippen LogP contribution in [0.4, 0.5) is 0 Å². The third-order valence-electron chi connectivity index (χ3n) is 1.69. The van der Waals surface area contributed by atoms with Gasteiger partial charge in [-0.05, 0) is 7.05 Å². The predicted molar refractivity (Wildman–Crippen MR) is 46.5 cm³/mol. The van der Waals surface area contributed by atoms with Crippen molar-refractivity contribution in [3.05, 3.63) is 0 Å². The van der Waals surface area contributed by atoms with Crippen LogP contribution in [0.5, 0.6) is 0 Å². The largest absolute Gasteiger partial charge is 0.335 e. The number of hydrogen-bond donors (Lipinski definition) is 0. The molecule has 1 heterocycles. The van der Waals surface area contributed by atoms with Gasteiger partial charge < -0.3 is 4.52 Å². The minimum atomic E-state index is -1.68. The van der Waals surface area contributed by atoms with E-state index in [0.717, 1.165) is 0 Å². The fourth-order valence-electron chi connectivity index (χ4n) is 0.817. The van der Waals surface area contributed by atoms with Crippen LogP contribution in [0, 0.1) is 12.3 Å². The molecular weight excluding hydrogens is 165 g/mol. The monoisotopic (exact) mass is 175 g/mol. The molecule has 4 heteroatoms. The van der Waals surface area contributed by atoms with Gasteiger partial charge in [0.1, 0.15) is 12.5 Å². The summed E-state index contributed by atoms with van der Waals surface area (Å²) in [6.07, 6.45) is 3.56. The summed E-state index contributed by atoms with van der Waals surface area (Å²) in [6.45, 7) is 2.54. The molecule has 56 valence electrons. The average molecular weight is 175 g/mol. The molecule has 1 saturated heterocycles. The van der Waals surface area contributed by atoms with Gasteiger partial charge in [-0.25, -0.2) is 4.67 Å². The van der Waals surface area contributed by atoms with Crippen molar-refractivity contribution in [3.8, 4) is 12.3 Å². The second-order valence-corrected chi connectivity index (χ2v) is 6.88. The lowest BCUT2D eigenvalue weighted by molar-refractivity contribution is 0.368. The van der Waals surface area contributed by atoms with E-state index in [9.17, 15) is 0 Å². The normalized spacial score (nSPS) is 41.5. The smallest absolute Gasteiger partial charge is 0.129 e. The Hall–Kier alpha value is 0.130. The highest BCUT2D eigenvalue weighted by molar-refractivity contribution is 8.10. The average Bonchev–Trinajstić information content (AvgIpc) is 2.10. The minimum absolute atomic E-state index is 0.0934. The molecule has 1 aliphatic heterocycles. The Bertz CT molecular complexity index is 222. The third kappa shape index (κ3) is 1.26. The first-order chi connectivity index (χ1) is 4.58. The van der Waals surface area contributed by atoms with E-state index in [0.29, 0.717) is 6.61 Å². The van der Waals surface area contributed by atoms with E-state index in [1.807, 2.05) is 18.4 Å². The maximum Gasteiger partial charge on any atom is 0.129 e. The van der Waals surface area contributed by atoms with Crippen LogP contribution < -0.4 is 0 Å². The Morgan fingerprint density at radius 3 is 2.70 bits per heavy atom. The lowest BCUT2D eigenvalue weighted by atomic mass is 10.3. The number of likely N-dealkylation sites (N-methyl/N-ethyl adjacent to an activating group) is 1. The third-order valence-corrected chi connectivity index (χ3v) is 4.83. The summed E-state index contributed by atoms with van der Waals surface area (Å²) >= 11 is 5.19. The maximum atomic E-state index is 5.37. The molecular formula is C6H10NOPS. The van der Waals surface area contributed by atoms with Crippen LogP contribution in [0.2, 0.25) is 0 Å². The zero-order chi connectivity index (χ0) is 7.78. The Morgan fingerprint density at radius 1 is 1.90 bits per heavy atom. The molecule has 0 aliphatic carbocycles. The van der Waals surface area contributed by atoms with Crippen LogP contribution in [-0.4, -0.2) is 31.0 Å². The van der Waals surface area contributed by atoms with Crippen molar-refractivity contribution >= 4 is 18.2 Å². The molecule has 10 heavy (non-hydrogen) atoms. The highest BCUT2D eigenvalue weighted by atomic mass is 32.4. The van der Waals surface area contributed by atoms with Gasteiger partial charge in [-0.2, -0.15) is 0 Å². The molecule has 0 radical (unpaired) electrons. The van der Waals surface area contributed by atoms with E-state index in [-0.39, 0.29) is 6.04 Å². The standard InChI is InChI=1S/C6H10NOPS/c1-4-6-5-8-9(3,10)7(6)2/h1,6H,5H2,2-3H3. The Balaban J connectivity index is 2.79. The zero-order valence-electron chi connectivity index (χ0n) is 6.07. The molecule has 2 unspecified atom stereocenters. The van der Waals surface area contributed by atoms with Crippen molar-refractivity contribution in [2.45, 2.75) is 6.04 Å². The molecule has 0 N–H and O–H groups in total. The molecule has 0 saturated carbocycles. The molecule has 0 aromatic carbocycles. The van der Waals surface area contributed by atoms with Crippen LogP contribution in [0.25, 0.3) is 0 Å². The van der Waals surface area contributed by atoms with Crippen molar-refractivity contribution in [1.29, 1.82) is 0 Å². The van der Waals surface area contributed by atoms with E-state index in [1.165, 1.54) is 0 Å². The van der Waals surface area contributed by atoms with Crippen LogP contribution in [0.15, 0.2) is 0 Å². The number of hydrogen-bond acceptors (Lipinski definition) is 2. The minimum Gasteiger partial charge on any atom is -0.335 e. The van der Waals surface area contributed by atoms with Gasteiger partial charge in [0.05, 0.1) is 6.61 Å². The lowest BCUT2D eigenvalue weighted by Gasteiger charge is -2.19. The first-order valence-electron chi connectivity index (χ1n) is 2.99. The van der Waals surface area contributed by atoms with Crippen LogP contribution in [0.3, 0.4) is 0 Å². The van der Waals surface area contributed by atoms with Gasteiger partial charge >= 0.3 is 0 Å². The van der Waals surface area contributed by atoms with Gasteiger partial charge in [0.2, 0.25) is 0 Å². The van der Waals surface area contributed by atoms with Gasteiger partial charge in [0, 0.05) is 6.66 Å². The fraction of sp³-hybridized carbons (Fsp3) is 0.667. The summed E-state index contributed by atoms with van der Waals surface area (Å²) < 4.78 is 7.35. The zero-order valence-corrected chi connectivity index (χ0v) is 7.78. The summed E-state index contributed by atoms with van der Waals surface area (Å²) in [5, 5.41) is 0. The molecule has 0 amide bonds. The van der Waals surface area contributed by atoms with Crippen LogP contribution >= 0.6 is 6.42 Å². The first-order valence-corrected chi connectivity index (χ1v) is 6.11. The van der Waals surface area contributed by atoms with E-state index in [2.05, 4.69) is 5.92 Å². The molecule has 0 aromatic heterocycles. The van der Waals surface area contributed by atoms with Gasteiger partial charge in [0.15, 0.2) is 0 Å². The van der Waals surface area contributed by atoms with Crippen molar-refractivity contribution < 1.29 is 4.52 Å². The molecule has 2 nitrogen and oxygen atoms in total. The quantitative estimate of drug-likeness (QED) is 0.401. The van der Waals surface area contributed by atoms with Crippen molar-refractivity contribution in [2.75, 3.05) is 20.3 Å². The van der Waals surface area contributed by atoms with E-state index < -0.39 is 6.42 Å². The highest BCUT2D eigenvalue weighted by Gasteiger charge is 2.31. The van der Waals surface area contributed by atoms with E-state index in [4.69, 9.17) is 22.8 Å². The molecule has 1 rings (SSSR count). The predicted octanol–water partition coefficient (Wildman–Crippen LogP) is 0.889. The van der Waals surface area contributed by atoms with Gasteiger partial charge in [-0.15, -0.1) is 6.42 Å². The molecule has 0 spiro atoms. The van der Waals surface area contributed by atoms with Crippen molar-refractivity contribution in [1.82, 2.24) is 4.67 Å². The van der Waals surface area contributed by atoms with E-state index in [1.54, 1.807) is 0 Å². The first kappa shape index (κ1) is 8.23. The molecule has 1 fully saturated rings. The van der Waals surface area contributed by atoms with E-state index >= 15 is 0 Å².